The molecule has 0 amide bonds. The maximum absolute atomic E-state index is 11.2. The maximum Gasteiger partial charge on any atom is 0.308 e. The molecule has 0 atom stereocenters. The van der Waals surface area contributed by atoms with Crippen molar-refractivity contribution in [2.45, 2.75) is 40.5 Å². The monoisotopic (exact) mass is 370 g/mol. The van der Waals surface area contributed by atoms with E-state index < -0.39 is 11.9 Å². The first-order valence-corrected chi connectivity index (χ1v) is 8.51. The van der Waals surface area contributed by atoms with Crippen LogP contribution in [0.25, 0.3) is 0 Å². The molecule has 0 N–H and O–H groups in total. The molecule has 0 bridgehead atoms. The summed E-state index contributed by atoms with van der Waals surface area (Å²) in [6.07, 6.45) is 1.28. The van der Waals surface area contributed by atoms with Crippen LogP contribution in [0, 0.1) is 6.92 Å². The second-order valence-corrected chi connectivity index (χ2v) is 6.25. The van der Waals surface area contributed by atoms with Gasteiger partial charge in [-0.05, 0) is 60.7 Å². The summed E-state index contributed by atoms with van der Waals surface area (Å²) < 4.78 is 15.4. The van der Waals surface area contributed by atoms with Gasteiger partial charge in [-0.15, -0.1) is 0 Å². The van der Waals surface area contributed by atoms with E-state index in [1.165, 1.54) is 26.8 Å². The fourth-order valence-electron chi connectivity index (χ4n) is 2.71. The molecule has 0 aliphatic rings. The van der Waals surface area contributed by atoms with Gasteiger partial charge in [-0.25, -0.2) is 0 Å². The van der Waals surface area contributed by atoms with E-state index in [-0.39, 0.29) is 5.97 Å². The first-order valence-electron chi connectivity index (χ1n) is 8.51. The van der Waals surface area contributed by atoms with Crippen LogP contribution in [-0.2, 0) is 27.2 Å². The first kappa shape index (κ1) is 20.2. The van der Waals surface area contributed by atoms with Crippen LogP contribution in [-0.4, -0.2) is 17.9 Å². The Morgan fingerprint density at radius 1 is 0.630 bits per heavy atom. The molecule has 0 saturated heterocycles. The Morgan fingerprint density at radius 3 is 1.41 bits per heavy atom. The van der Waals surface area contributed by atoms with Crippen molar-refractivity contribution >= 4 is 17.9 Å². The highest BCUT2D eigenvalue weighted by molar-refractivity contribution is 5.71. The lowest BCUT2D eigenvalue weighted by molar-refractivity contribution is -0.133. The van der Waals surface area contributed by atoms with Gasteiger partial charge in [-0.2, -0.15) is 0 Å². The van der Waals surface area contributed by atoms with E-state index in [1.54, 1.807) is 18.2 Å². The fraction of sp³-hybridized carbons (Fsp3) is 0.286. The largest absolute Gasteiger partial charge is 0.427 e. The smallest absolute Gasteiger partial charge is 0.308 e. The molecule has 0 aliphatic heterocycles. The molecule has 2 aromatic carbocycles. The predicted octanol–water partition coefficient (Wildman–Crippen LogP) is 3.56. The molecule has 0 heterocycles. The number of carbonyl (C=O) groups excluding carboxylic acids is 3. The van der Waals surface area contributed by atoms with Crippen LogP contribution in [0.5, 0.6) is 17.2 Å². The van der Waals surface area contributed by atoms with Gasteiger partial charge in [0.2, 0.25) is 0 Å². The number of ether oxygens (including phenoxy) is 3. The molecular formula is C21H22O6. The van der Waals surface area contributed by atoms with E-state index in [0.29, 0.717) is 30.1 Å². The van der Waals surface area contributed by atoms with E-state index >= 15 is 0 Å². The fourth-order valence-corrected chi connectivity index (χ4v) is 2.71. The second kappa shape index (κ2) is 8.98. The molecule has 2 rings (SSSR count). The highest BCUT2D eigenvalue weighted by Gasteiger charge is 2.09. The third-order valence-corrected chi connectivity index (χ3v) is 3.54. The Kier molecular flexibility index (Phi) is 6.71. The summed E-state index contributed by atoms with van der Waals surface area (Å²) in [4.78, 5) is 33.6. The minimum Gasteiger partial charge on any atom is -0.427 e. The van der Waals surface area contributed by atoms with Gasteiger partial charge in [0.1, 0.15) is 17.2 Å². The molecule has 0 unspecified atom stereocenters. The zero-order chi connectivity index (χ0) is 20.0. The molecule has 6 nitrogen and oxygen atoms in total. The van der Waals surface area contributed by atoms with Crippen LogP contribution < -0.4 is 14.2 Å². The third kappa shape index (κ3) is 6.93. The van der Waals surface area contributed by atoms with E-state index in [9.17, 15) is 14.4 Å². The summed E-state index contributed by atoms with van der Waals surface area (Å²) in [5, 5.41) is 0. The molecule has 0 fully saturated rings. The van der Waals surface area contributed by atoms with Gasteiger partial charge < -0.3 is 14.2 Å². The Balaban J connectivity index is 2.20. The van der Waals surface area contributed by atoms with Gasteiger partial charge in [0, 0.05) is 26.8 Å². The molecule has 0 aliphatic carbocycles. The molecule has 0 saturated carbocycles. The van der Waals surface area contributed by atoms with Gasteiger partial charge in [0.05, 0.1) is 0 Å². The van der Waals surface area contributed by atoms with Crippen molar-refractivity contribution in [2.75, 3.05) is 0 Å². The lowest BCUT2D eigenvalue weighted by Crippen LogP contribution is -2.05. The Hall–Kier alpha value is -3.15. The van der Waals surface area contributed by atoms with Gasteiger partial charge in [0.25, 0.3) is 0 Å². The molecule has 0 spiro atoms. The van der Waals surface area contributed by atoms with E-state index in [0.717, 1.165) is 16.7 Å². The zero-order valence-corrected chi connectivity index (χ0v) is 15.8. The lowest BCUT2D eigenvalue weighted by atomic mass is 10.0. The molecule has 6 heteroatoms. The summed E-state index contributed by atoms with van der Waals surface area (Å²) >= 11 is 0. The summed E-state index contributed by atoms with van der Waals surface area (Å²) in [6.45, 7) is 5.90. The molecule has 2 aromatic rings. The maximum atomic E-state index is 11.2. The zero-order valence-electron chi connectivity index (χ0n) is 15.8. The van der Waals surface area contributed by atoms with Crippen molar-refractivity contribution in [3.63, 3.8) is 0 Å². The third-order valence-electron chi connectivity index (χ3n) is 3.54. The Morgan fingerprint density at radius 2 is 1.00 bits per heavy atom. The summed E-state index contributed by atoms with van der Waals surface area (Å²) in [5.41, 5.74) is 2.83. The second-order valence-electron chi connectivity index (χ2n) is 6.25. The lowest BCUT2D eigenvalue weighted by Gasteiger charge is -2.10. The Bertz CT molecular complexity index is 835. The summed E-state index contributed by atoms with van der Waals surface area (Å²) in [7, 11) is 0. The van der Waals surface area contributed by atoms with Gasteiger partial charge in [0.15, 0.2) is 0 Å². The average molecular weight is 370 g/mol. The van der Waals surface area contributed by atoms with Crippen LogP contribution in [0.3, 0.4) is 0 Å². The highest BCUT2D eigenvalue weighted by Crippen LogP contribution is 2.25. The first-order chi connectivity index (χ1) is 12.7. The minimum atomic E-state index is -0.453. The van der Waals surface area contributed by atoms with Crippen molar-refractivity contribution in [3.05, 3.63) is 53.1 Å². The van der Waals surface area contributed by atoms with Gasteiger partial charge in [-0.1, -0.05) is 6.07 Å². The van der Waals surface area contributed by atoms with Crippen molar-refractivity contribution < 1.29 is 28.6 Å². The number of rotatable bonds is 6. The molecule has 0 radical (unpaired) electrons. The topological polar surface area (TPSA) is 78.9 Å². The SMILES string of the molecule is CC(=O)Oc1cc(C)cc(CCc2cc(OC(C)=O)cc(OC(C)=O)c2)c1. The average Bonchev–Trinajstić information content (AvgIpc) is 2.50. The van der Waals surface area contributed by atoms with Crippen LogP contribution in [0.4, 0.5) is 0 Å². The van der Waals surface area contributed by atoms with Crippen LogP contribution in [0.15, 0.2) is 36.4 Å². The van der Waals surface area contributed by atoms with E-state index in [4.69, 9.17) is 14.2 Å². The van der Waals surface area contributed by atoms with Crippen molar-refractivity contribution in [1.82, 2.24) is 0 Å². The molecule has 0 aromatic heterocycles. The van der Waals surface area contributed by atoms with Crippen LogP contribution in [0.1, 0.15) is 37.5 Å². The van der Waals surface area contributed by atoms with Crippen molar-refractivity contribution in [3.8, 4) is 17.2 Å². The van der Waals surface area contributed by atoms with Gasteiger partial charge >= 0.3 is 17.9 Å². The summed E-state index contributed by atoms with van der Waals surface area (Å²) in [5.74, 6) is -0.128. The quantitative estimate of drug-likeness (QED) is 0.571. The number of aryl methyl sites for hydroxylation is 3. The number of benzene rings is 2. The van der Waals surface area contributed by atoms with Crippen LogP contribution in [0.2, 0.25) is 0 Å². The summed E-state index contributed by atoms with van der Waals surface area (Å²) in [6, 6.07) is 10.6. The standard InChI is InChI=1S/C21H22O6/c1-13-7-17(9-19(8-13)25-14(2)22)5-6-18-10-20(26-15(3)23)12-21(11-18)27-16(4)24/h7-12H,5-6H2,1-4H3. The normalized spacial score (nSPS) is 10.2. The molecule has 27 heavy (non-hydrogen) atoms. The van der Waals surface area contributed by atoms with Crippen molar-refractivity contribution in [2.24, 2.45) is 0 Å². The Labute approximate surface area is 158 Å². The van der Waals surface area contributed by atoms with Gasteiger partial charge in [-0.3, -0.25) is 14.4 Å². The number of hydrogen-bond acceptors (Lipinski definition) is 6. The van der Waals surface area contributed by atoms with E-state index in [1.807, 2.05) is 19.1 Å². The van der Waals surface area contributed by atoms with Crippen LogP contribution >= 0.6 is 0 Å². The van der Waals surface area contributed by atoms with Crippen molar-refractivity contribution in [1.29, 1.82) is 0 Å². The molecule has 142 valence electrons. The number of hydrogen-bond donors (Lipinski definition) is 0. The minimum absolute atomic E-state index is 0.320. The molecular weight excluding hydrogens is 348 g/mol. The van der Waals surface area contributed by atoms with E-state index in [2.05, 4.69) is 0 Å². The highest BCUT2D eigenvalue weighted by atomic mass is 16.5. The number of esters is 3. The predicted molar refractivity (Wildman–Crippen MR) is 99.0 cm³/mol. The number of carbonyl (C=O) groups is 3.